The molecule has 1 aliphatic carbocycles. The number of nitrogens with one attached hydrogen (secondary N) is 2. The summed E-state index contributed by atoms with van der Waals surface area (Å²) in [5.41, 5.74) is 4.53. The van der Waals surface area contributed by atoms with Gasteiger partial charge in [-0.2, -0.15) is 0 Å². The number of H-pyrrole nitrogens is 2. The largest absolute Gasteiger partial charge is 0.504 e. The van der Waals surface area contributed by atoms with Crippen LogP contribution in [0.25, 0.3) is 71.4 Å². The van der Waals surface area contributed by atoms with Crippen LogP contribution in [0, 0.1) is 0 Å². The molecule has 0 saturated carbocycles. The molecule has 228 valence electrons. The fourth-order valence-electron chi connectivity index (χ4n) is 7.40. The second-order valence-corrected chi connectivity index (χ2v) is 12.1. The minimum absolute atomic E-state index is 0.284. The first-order valence-electron chi connectivity index (χ1n) is 15.7. The van der Waals surface area contributed by atoms with Crippen LogP contribution < -0.4 is 0 Å². The summed E-state index contributed by atoms with van der Waals surface area (Å²) in [7, 11) is 0. The van der Waals surface area contributed by atoms with E-state index in [1.165, 1.54) is 0 Å². The van der Waals surface area contributed by atoms with Crippen LogP contribution in [0.2, 0.25) is 0 Å². The summed E-state index contributed by atoms with van der Waals surface area (Å²) in [6, 6.07) is 42.2. The first kappa shape index (κ1) is 27.8. The van der Waals surface area contributed by atoms with E-state index in [0.717, 1.165) is 32.7 Å². The van der Waals surface area contributed by atoms with Crippen molar-refractivity contribution in [3.63, 3.8) is 0 Å². The maximum atomic E-state index is 14.5. The van der Waals surface area contributed by atoms with Crippen LogP contribution in [0.3, 0.4) is 0 Å². The molecule has 1 aliphatic rings. The topological polar surface area (TPSA) is 103 Å². The van der Waals surface area contributed by atoms with Gasteiger partial charge >= 0.3 is 0 Å². The van der Waals surface area contributed by atoms with Gasteiger partial charge in [-0.15, -0.1) is 0 Å². The SMILES string of the molecule is O=C1C(=O)C(c2c(-c3cccc4ccccc34)[nH]c3ccccc23)C(=O)C(O)=C1c1c(-c2cccc3ccccc23)[nH]c2ccccc12. The molecule has 0 amide bonds. The van der Waals surface area contributed by atoms with Crippen molar-refractivity contribution in [2.75, 3.05) is 0 Å². The molecule has 8 aromatic rings. The van der Waals surface area contributed by atoms with E-state index in [1.807, 2.05) is 133 Å². The van der Waals surface area contributed by atoms with Gasteiger partial charge in [0.05, 0.1) is 17.0 Å². The Bertz CT molecular complexity index is 2700. The lowest BCUT2D eigenvalue weighted by atomic mass is 9.76. The lowest BCUT2D eigenvalue weighted by molar-refractivity contribution is -0.138. The van der Waals surface area contributed by atoms with Crippen LogP contribution in [0.1, 0.15) is 17.0 Å². The molecule has 0 saturated heterocycles. The second kappa shape index (κ2) is 10.5. The van der Waals surface area contributed by atoms with E-state index in [2.05, 4.69) is 9.97 Å². The monoisotopic (exact) mass is 622 g/mol. The third-order valence-corrected chi connectivity index (χ3v) is 9.55. The minimum atomic E-state index is -1.53. The maximum absolute atomic E-state index is 14.5. The van der Waals surface area contributed by atoms with Crippen molar-refractivity contribution >= 4 is 66.3 Å². The molecule has 2 aromatic heterocycles. The van der Waals surface area contributed by atoms with Gasteiger partial charge in [0.1, 0.15) is 5.92 Å². The second-order valence-electron chi connectivity index (χ2n) is 12.1. The van der Waals surface area contributed by atoms with Crippen molar-refractivity contribution in [2.45, 2.75) is 5.92 Å². The van der Waals surface area contributed by atoms with Gasteiger partial charge in [-0.3, -0.25) is 14.4 Å². The number of rotatable bonds is 4. The normalized spacial score (nSPS) is 15.4. The van der Waals surface area contributed by atoms with Crippen molar-refractivity contribution in [2.24, 2.45) is 0 Å². The van der Waals surface area contributed by atoms with Crippen molar-refractivity contribution in [3.05, 3.63) is 150 Å². The van der Waals surface area contributed by atoms with Crippen LogP contribution >= 0.6 is 0 Å². The van der Waals surface area contributed by atoms with Gasteiger partial charge in [-0.1, -0.05) is 121 Å². The highest BCUT2D eigenvalue weighted by molar-refractivity contribution is 6.62. The van der Waals surface area contributed by atoms with Gasteiger partial charge in [-0.25, -0.2) is 0 Å². The number of hydrogen-bond acceptors (Lipinski definition) is 4. The molecule has 48 heavy (non-hydrogen) atoms. The number of aromatic nitrogens is 2. The first-order chi connectivity index (χ1) is 23.5. The number of benzene rings is 6. The molecule has 1 unspecified atom stereocenters. The van der Waals surface area contributed by atoms with Gasteiger partial charge in [-0.05, 0) is 33.7 Å². The highest BCUT2D eigenvalue weighted by atomic mass is 16.3. The highest BCUT2D eigenvalue weighted by Crippen LogP contribution is 2.46. The number of allylic oxidation sites excluding steroid dienone is 2. The van der Waals surface area contributed by atoms with E-state index in [4.69, 9.17) is 0 Å². The number of carbonyl (C=O) groups excluding carboxylic acids is 3. The number of carbonyl (C=O) groups is 3. The zero-order chi connectivity index (χ0) is 32.5. The summed E-state index contributed by atoms with van der Waals surface area (Å²) in [4.78, 5) is 50.2. The Hall–Kier alpha value is -6.53. The number of aliphatic hydroxyl groups excluding tert-OH is 1. The van der Waals surface area contributed by atoms with Crippen molar-refractivity contribution in [1.29, 1.82) is 0 Å². The number of aliphatic hydroxyl groups is 1. The molecule has 1 atom stereocenters. The summed E-state index contributed by atoms with van der Waals surface area (Å²) in [6.45, 7) is 0. The number of aromatic amines is 2. The highest BCUT2D eigenvalue weighted by Gasteiger charge is 2.47. The molecule has 3 N–H and O–H groups in total. The molecule has 9 rings (SSSR count). The van der Waals surface area contributed by atoms with Gasteiger partial charge in [0, 0.05) is 44.1 Å². The molecule has 0 spiro atoms. The average Bonchev–Trinajstić information content (AvgIpc) is 3.70. The Labute approximate surface area is 274 Å². The molecule has 6 nitrogen and oxygen atoms in total. The van der Waals surface area contributed by atoms with Crippen molar-refractivity contribution in [3.8, 4) is 22.5 Å². The minimum Gasteiger partial charge on any atom is -0.504 e. The van der Waals surface area contributed by atoms with Gasteiger partial charge in [0.25, 0.3) is 0 Å². The first-order valence-corrected chi connectivity index (χ1v) is 15.7. The molecule has 0 radical (unpaired) electrons. The molecule has 2 heterocycles. The van der Waals surface area contributed by atoms with Gasteiger partial charge in [0.2, 0.25) is 17.3 Å². The third-order valence-electron chi connectivity index (χ3n) is 9.55. The van der Waals surface area contributed by atoms with Crippen molar-refractivity contribution < 1.29 is 19.5 Å². The van der Waals surface area contributed by atoms with Crippen LogP contribution in [0.4, 0.5) is 0 Å². The predicted molar refractivity (Wildman–Crippen MR) is 190 cm³/mol. The Morgan fingerprint density at radius 2 is 0.958 bits per heavy atom. The molecule has 0 aliphatic heterocycles. The van der Waals surface area contributed by atoms with E-state index in [1.54, 1.807) is 0 Å². The number of hydrogen-bond donors (Lipinski definition) is 3. The smallest absolute Gasteiger partial charge is 0.234 e. The van der Waals surface area contributed by atoms with Gasteiger partial charge < -0.3 is 15.1 Å². The Morgan fingerprint density at radius 3 is 1.60 bits per heavy atom. The van der Waals surface area contributed by atoms with Crippen LogP contribution in [-0.4, -0.2) is 32.4 Å². The number of ketones is 3. The summed E-state index contributed by atoms with van der Waals surface area (Å²) in [5, 5.41) is 16.9. The molecular weight excluding hydrogens is 596 g/mol. The number of para-hydroxylation sites is 2. The average molecular weight is 623 g/mol. The fourth-order valence-corrected chi connectivity index (χ4v) is 7.40. The summed E-state index contributed by atoms with van der Waals surface area (Å²) in [6.07, 6.45) is 0. The zero-order valence-electron chi connectivity index (χ0n) is 25.5. The standard InChI is InChI=1S/C42H26N2O4/c45-39-35(33-29-17-5-7-21-31(29)43-37(33)27-19-9-13-23-11-1-3-15-25(23)27)40(46)42(48)36(41(39)47)34-30-18-6-8-22-32(30)44-38(34)28-20-10-14-24-12-2-4-16-26(24)28/h1-22,35,43-44,47H. The van der Waals surface area contributed by atoms with E-state index in [-0.39, 0.29) is 5.57 Å². The zero-order valence-corrected chi connectivity index (χ0v) is 25.5. The lowest BCUT2D eigenvalue weighted by Crippen LogP contribution is -2.36. The molecule has 0 fully saturated rings. The Morgan fingerprint density at radius 1 is 0.479 bits per heavy atom. The maximum Gasteiger partial charge on any atom is 0.234 e. The third kappa shape index (κ3) is 3.96. The summed E-state index contributed by atoms with van der Waals surface area (Å²) >= 11 is 0. The summed E-state index contributed by atoms with van der Waals surface area (Å²) in [5.74, 6) is -4.84. The van der Waals surface area contributed by atoms with Gasteiger partial charge in [0.15, 0.2) is 5.76 Å². The van der Waals surface area contributed by atoms with Crippen molar-refractivity contribution in [1.82, 2.24) is 9.97 Å². The summed E-state index contributed by atoms with van der Waals surface area (Å²) < 4.78 is 0. The number of fused-ring (bicyclic) bond motifs is 4. The Kier molecular flexibility index (Phi) is 6.07. The molecule has 6 aromatic carbocycles. The Balaban J connectivity index is 1.29. The quantitative estimate of drug-likeness (QED) is 0.135. The predicted octanol–water partition coefficient (Wildman–Crippen LogP) is 9.06. The number of Topliss-reactive ketones (excluding diaryl/α,β-unsaturated/α-hetero) is 3. The lowest BCUT2D eigenvalue weighted by Gasteiger charge is -2.23. The van der Waals surface area contributed by atoms with E-state index >= 15 is 0 Å². The van der Waals surface area contributed by atoms with Crippen LogP contribution in [0.5, 0.6) is 0 Å². The van der Waals surface area contributed by atoms with E-state index in [0.29, 0.717) is 44.3 Å². The molecule has 0 bridgehead atoms. The van der Waals surface area contributed by atoms with E-state index < -0.39 is 29.0 Å². The van der Waals surface area contributed by atoms with Crippen LogP contribution in [0.15, 0.2) is 139 Å². The van der Waals surface area contributed by atoms with Crippen LogP contribution in [-0.2, 0) is 14.4 Å². The van der Waals surface area contributed by atoms with E-state index in [9.17, 15) is 19.5 Å². The molecular formula is C42H26N2O4. The fraction of sp³-hybridized carbons (Fsp3) is 0.0238. The molecule has 6 heteroatoms.